The largest absolute Gasteiger partial charge is 0.377 e. The van der Waals surface area contributed by atoms with Crippen LogP contribution in [-0.2, 0) is 4.74 Å². The van der Waals surface area contributed by atoms with Crippen molar-refractivity contribution in [3.8, 4) is 29.0 Å². The van der Waals surface area contributed by atoms with E-state index in [9.17, 15) is 5.26 Å². The summed E-state index contributed by atoms with van der Waals surface area (Å²) in [7, 11) is 1.84. The van der Waals surface area contributed by atoms with Crippen molar-refractivity contribution in [2.75, 3.05) is 37.0 Å². The average Bonchev–Trinajstić information content (AvgIpc) is 3.49. The van der Waals surface area contributed by atoms with Gasteiger partial charge in [-0.05, 0) is 39.0 Å². The summed E-state index contributed by atoms with van der Waals surface area (Å²) >= 11 is 0. The highest BCUT2D eigenvalue weighted by Gasteiger charge is 2.25. The maximum atomic E-state index is 9.37. The summed E-state index contributed by atoms with van der Waals surface area (Å²) in [6.07, 6.45) is 3.24. The number of aryl methyl sites for hydroxylation is 1. The van der Waals surface area contributed by atoms with E-state index < -0.39 is 0 Å². The summed E-state index contributed by atoms with van der Waals surface area (Å²) in [6, 6.07) is 14.0. The first-order valence-electron chi connectivity index (χ1n) is 12.8. The van der Waals surface area contributed by atoms with E-state index in [0.29, 0.717) is 30.7 Å². The third kappa shape index (κ3) is 4.24. The second kappa shape index (κ2) is 9.81. The van der Waals surface area contributed by atoms with Crippen LogP contribution in [0.2, 0.25) is 0 Å². The Labute approximate surface area is 225 Å². The molecule has 196 valence electrons. The first-order chi connectivity index (χ1) is 19.0. The maximum Gasteiger partial charge on any atom is 0.239 e. The molecule has 0 radical (unpaired) electrons. The van der Waals surface area contributed by atoms with Gasteiger partial charge in [0, 0.05) is 31.4 Å². The number of imidazole rings is 1. The van der Waals surface area contributed by atoms with Crippen LogP contribution in [0.1, 0.15) is 23.9 Å². The van der Waals surface area contributed by atoms with Crippen LogP contribution in [0, 0.1) is 25.2 Å². The SMILES string of the molecule is CNc1nc2ccccc2n1-c1nc(-c2c(C)nn(-c3cncc(C#N)c3)c2C)cc(N2CCOC[C@H]2C)n1. The Morgan fingerprint density at radius 2 is 1.95 bits per heavy atom. The Kier molecular flexibility index (Phi) is 6.17. The lowest BCUT2D eigenvalue weighted by molar-refractivity contribution is 0.0985. The van der Waals surface area contributed by atoms with Gasteiger partial charge in [0.2, 0.25) is 11.9 Å². The molecule has 0 saturated carbocycles. The number of benzene rings is 1. The Morgan fingerprint density at radius 1 is 1.10 bits per heavy atom. The third-order valence-electron chi connectivity index (χ3n) is 6.99. The predicted molar refractivity (Wildman–Crippen MR) is 148 cm³/mol. The first kappa shape index (κ1) is 24.5. The summed E-state index contributed by atoms with van der Waals surface area (Å²) in [6.45, 7) is 8.08. The fourth-order valence-electron chi connectivity index (χ4n) is 5.13. The molecule has 0 aliphatic carbocycles. The molecule has 1 aliphatic heterocycles. The Bertz CT molecular complexity index is 1730. The van der Waals surface area contributed by atoms with Crippen LogP contribution in [0.4, 0.5) is 11.8 Å². The minimum atomic E-state index is 0.155. The molecule has 0 spiro atoms. The van der Waals surface area contributed by atoms with Gasteiger partial charge in [0.05, 0.1) is 64.8 Å². The summed E-state index contributed by atoms with van der Waals surface area (Å²) in [4.78, 5) is 21.4. The molecule has 1 aliphatic rings. The van der Waals surface area contributed by atoms with E-state index >= 15 is 0 Å². The second-order valence-corrected chi connectivity index (χ2v) is 9.54. The zero-order chi connectivity index (χ0) is 27.1. The van der Waals surface area contributed by atoms with Crippen molar-refractivity contribution < 1.29 is 4.74 Å². The van der Waals surface area contributed by atoms with E-state index in [1.165, 1.54) is 6.20 Å². The summed E-state index contributed by atoms with van der Waals surface area (Å²) in [5, 5.41) is 17.4. The van der Waals surface area contributed by atoms with Gasteiger partial charge in [-0.15, -0.1) is 0 Å². The Hall–Kier alpha value is -4.82. The smallest absolute Gasteiger partial charge is 0.239 e. The normalized spacial score (nSPS) is 15.5. The molecule has 11 heteroatoms. The lowest BCUT2D eigenvalue weighted by atomic mass is 10.1. The first-order valence-corrected chi connectivity index (χ1v) is 12.8. The van der Waals surface area contributed by atoms with Crippen molar-refractivity contribution >= 4 is 22.8 Å². The zero-order valence-corrected chi connectivity index (χ0v) is 22.3. The van der Waals surface area contributed by atoms with Crippen molar-refractivity contribution in [2.24, 2.45) is 0 Å². The molecule has 5 aromatic rings. The van der Waals surface area contributed by atoms with Gasteiger partial charge >= 0.3 is 0 Å². The number of nitriles is 1. The number of nitrogens with one attached hydrogen (secondary N) is 1. The van der Waals surface area contributed by atoms with Gasteiger partial charge in [0.1, 0.15) is 11.9 Å². The zero-order valence-electron chi connectivity index (χ0n) is 22.3. The fourth-order valence-corrected chi connectivity index (χ4v) is 5.13. The van der Waals surface area contributed by atoms with Gasteiger partial charge in [-0.25, -0.2) is 19.2 Å². The average molecular weight is 521 g/mol. The van der Waals surface area contributed by atoms with Crippen LogP contribution in [0.25, 0.3) is 33.9 Å². The number of nitrogens with zero attached hydrogens (tertiary/aromatic N) is 9. The standard InChI is InChI=1S/C28H28N10O/c1-17-16-39-10-9-36(17)25-12-23(26-18(2)35-38(19(26)3)21-11-20(13-29)14-31-15-21)33-28(34-25)37-24-8-6-5-7-22(24)32-27(37)30-4/h5-8,11-12,14-15,17H,9-10,16H2,1-4H3,(H,30,32)/t17-/m1/s1. The topological polar surface area (TPSA) is 123 Å². The number of anilines is 2. The number of aromatic nitrogens is 7. The fraction of sp³-hybridized carbons (Fsp3) is 0.286. The molecule has 6 rings (SSSR count). The maximum absolute atomic E-state index is 9.37. The molecular weight excluding hydrogens is 492 g/mol. The summed E-state index contributed by atoms with van der Waals surface area (Å²) in [5.74, 6) is 1.97. The van der Waals surface area contributed by atoms with E-state index in [0.717, 1.165) is 51.7 Å². The number of para-hydroxylation sites is 2. The Balaban J connectivity index is 1.58. The summed E-state index contributed by atoms with van der Waals surface area (Å²) < 4.78 is 9.46. The minimum Gasteiger partial charge on any atom is -0.377 e. The monoisotopic (exact) mass is 520 g/mol. The van der Waals surface area contributed by atoms with Gasteiger partial charge < -0.3 is 15.0 Å². The van der Waals surface area contributed by atoms with Gasteiger partial charge in [-0.2, -0.15) is 15.3 Å². The lowest BCUT2D eigenvalue weighted by Gasteiger charge is -2.34. The molecule has 39 heavy (non-hydrogen) atoms. The quantitative estimate of drug-likeness (QED) is 0.368. The molecule has 1 aromatic carbocycles. The van der Waals surface area contributed by atoms with Crippen LogP contribution in [0.5, 0.6) is 0 Å². The number of pyridine rings is 1. The van der Waals surface area contributed by atoms with E-state index in [1.807, 2.05) is 60.5 Å². The van der Waals surface area contributed by atoms with Crippen molar-refractivity contribution in [1.29, 1.82) is 5.26 Å². The molecular formula is C28H28N10O. The van der Waals surface area contributed by atoms with Crippen molar-refractivity contribution in [3.05, 3.63) is 65.7 Å². The number of morpholine rings is 1. The molecule has 0 bridgehead atoms. The minimum absolute atomic E-state index is 0.155. The van der Waals surface area contributed by atoms with Gasteiger partial charge in [0.25, 0.3) is 0 Å². The van der Waals surface area contributed by atoms with E-state index in [4.69, 9.17) is 24.8 Å². The van der Waals surface area contributed by atoms with E-state index in [1.54, 1.807) is 12.3 Å². The van der Waals surface area contributed by atoms with Gasteiger partial charge in [-0.3, -0.25) is 4.98 Å². The van der Waals surface area contributed by atoms with Gasteiger partial charge in [-0.1, -0.05) is 12.1 Å². The predicted octanol–water partition coefficient (Wildman–Crippen LogP) is 3.82. The molecule has 1 N–H and O–H groups in total. The highest BCUT2D eigenvalue weighted by Crippen LogP contribution is 2.32. The number of ether oxygens (including phenoxy) is 1. The number of hydrogen-bond donors (Lipinski definition) is 1. The highest BCUT2D eigenvalue weighted by atomic mass is 16.5. The molecule has 11 nitrogen and oxygen atoms in total. The molecule has 4 aromatic heterocycles. The lowest BCUT2D eigenvalue weighted by Crippen LogP contribution is -2.44. The number of rotatable bonds is 5. The van der Waals surface area contributed by atoms with Crippen LogP contribution in [0.15, 0.2) is 48.8 Å². The number of hydrogen-bond acceptors (Lipinski definition) is 9. The summed E-state index contributed by atoms with van der Waals surface area (Å²) in [5.41, 5.74) is 6.30. The van der Waals surface area contributed by atoms with Crippen LogP contribution in [-0.4, -0.2) is 67.1 Å². The van der Waals surface area contributed by atoms with E-state index in [-0.39, 0.29) is 6.04 Å². The molecule has 1 fully saturated rings. The van der Waals surface area contributed by atoms with Gasteiger partial charge in [0.15, 0.2) is 0 Å². The number of fused-ring (bicyclic) bond motifs is 1. The van der Waals surface area contributed by atoms with Crippen molar-refractivity contribution in [3.63, 3.8) is 0 Å². The highest BCUT2D eigenvalue weighted by molar-refractivity contribution is 5.81. The molecule has 1 saturated heterocycles. The Morgan fingerprint density at radius 3 is 2.74 bits per heavy atom. The van der Waals surface area contributed by atoms with Crippen LogP contribution in [0.3, 0.4) is 0 Å². The second-order valence-electron chi connectivity index (χ2n) is 9.54. The molecule has 1 atom stereocenters. The van der Waals surface area contributed by atoms with Crippen molar-refractivity contribution in [2.45, 2.75) is 26.8 Å². The van der Waals surface area contributed by atoms with Crippen molar-refractivity contribution in [1.82, 2.24) is 34.3 Å². The van der Waals surface area contributed by atoms with E-state index in [2.05, 4.69) is 28.2 Å². The molecule has 5 heterocycles. The van der Waals surface area contributed by atoms with Crippen LogP contribution >= 0.6 is 0 Å². The molecule has 0 amide bonds. The molecule has 0 unspecified atom stereocenters. The third-order valence-corrected chi connectivity index (χ3v) is 6.99. The van der Waals surface area contributed by atoms with Crippen LogP contribution < -0.4 is 10.2 Å².